The molecule has 0 saturated heterocycles. The van der Waals surface area contributed by atoms with Crippen LogP contribution in [0.15, 0.2) is 24.4 Å². The zero-order valence-corrected chi connectivity index (χ0v) is 13.3. The summed E-state index contributed by atoms with van der Waals surface area (Å²) in [5, 5.41) is 3.64. The van der Waals surface area contributed by atoms with Gasteiger partial charge < -0.3 is 14.6 Å². The molecule has 1 saturated carbocycles. The largest absolute Gasteiger partial charge is 0.355 e. The van der Waals surface area contributed by atoms with E-state index in [-0.39, 0.29) is 0 Å². The van der Waals surface area contributed by atoms with Crippen molar-refractivity contribution in [2.24, 2.45) is 5.92 Å². The summed E-state index contributed by atoms with van der Waals surface area (Å²) in [6, 6.07) is 6.95. The first-order valence-electron chi connectivity index (χ1n) is 8.13. The zero-order valence-electron chi connectivity index (χ0n) is 13.3. The predicted octanol–water partition coefficient (Wildman–Crippen LogP) is 3.07. The first-order chi connectivity index (χ1) is 10.2. The first-order valence-corrected chi connectivity index (χ1v) is 8.13. The van der Waals surface area contributed by atoms with E-state index in [4.69, 9.17) is 4.98 Å². The molecule has 1 fully saturated rings. The highest BCUT2D eigenvalue weighted by Crippen LogP contribution is 2.25. The van der Waals surface area contributed by atoms with Gasteiger partial charge in [0.1, 0.15) is 5.65 Å². The number of aromatic nitrogens is 2. The van der Waals surface area contributed by atoms with Crippen LogP contribution in [0, 0.1) is 5.92 Å². The average molecular weight is 286 g/mol. The Hall–Kier alpha value is -1.55. The maximum Gasteiger partial charge on any atom is 0.152 e. The molecule has 0 bridgehead atoms. The van der Waals surface area contributed by atoms with Gasteiger partial charge in [-0.1, -0.05) is 19.9 Å². The molecule has 21 heavy (non-hydrogen) atoms. The maximum absolute atomic E-state index is 4.88. The number of imidazole rings is 1. The molecule has 4 nitrogen and oxygen atoms in total. The number of hydrogen-bond donors (Lipinski definition) is 1. The second-order valence-electron chi connectivity index (χ2n) is 6.40. The Bertz CT molecular complexity index is 598. The average Bonchev–Trinajstić information content (AvgIpc) is 3.23. The quantitative estimate of drug-likeness (QED) is 0.849. The van der Waals surface area contributed by atoms with Crippen LogP contribution < -0.4 is 10.2 Å². The lowest BCUT2D eigenvalue weighted by molar-refractivity contribution is 0.608. The van der Waals surface area contributed by atoms with Gasteiger partial charge in [-0.15, -0.1) is 0 Å². The first kappa shape index (κ1) is 14.4. The smallest absolute Gasteiger partial charge is 0.152 e. The SMILES string of the molecule is CCN(CC(C)C)c1nc2ccccn2c1CNC1CC1. The third-order valence-corrected chi connectivity index (χ3v) is 4.01. The van der Waals surface area contributed by atoms with Crippen LogP contribution in [-0.4, -0.2) is 28.5 Å². The number of nitrogens with one attached hydrogen (secondary N) is 1. The molecule has 4 heteroatoms. The third kappa shape index (κ3) is 3.21. The summed E-state index contributed by atoms with van der Waals surface area (Å²) in [5.41, 5.74) is 2.34. The second-order valence-corrected chi connectivity index (χ2v) is 6.40. The summed E-state index contributed by atoms with van der Waals surface area (Å²) in [5.74, 6) is 1.78. The van der Waals surface area contributed by atoms with Gasteiger partial charge in [0.15, 0.2) is 5.82 Å². The molecule has 2 heterocycles. The van der Waals surface area contributed by atoms with Crippen molar-refractivity contribution in [3.05, 3.63) is 30.1 Å². The van der Waals surface area contributed by atoms with Gasteiger partial charge in [0.2, 0.25) is 0 Å². The molecule has 1 aliphatic carbocycles. The van der Waals surface area contributed by atoms with Crippen molar-refractivity contribution in [1.82, 2.24) is 14.7 Å². The fraction of sp³-hybridized carbons (Fsp3) is 0.588. The monoisotopic (exact) mass is 286 g/mol. The highest BCUT2D eigenvalue weighted by molar-refractivity contribution is 5.56. The number of hydrogen-bond acceptors (Lipinski definition) is 3. The lowest BCUT2D eigenvalue weighted by Gasteiger charge is -2.24. The van der Waals surface area contributed by atoms with E-state index in [9.17, 15) is 0 Å². The van der Waals surface area contributed by atoms with Crippen molar-refractivity contribution >= 4 is 11.5 Å². The van der Waals surface area contributed by atoms with Crippen LogP contribution in [0.2, 0.25) is 0 Å². The number of rotatable bonds is 7. The fourth-order valence-electron chi connectivity index (χ4n) is 2.79. The Morgan fingerprint density at radius 1 is 1.38 bits per heavy atom. The molecule has 114 valence electrons. The minimum absolute atomic E-state index is 0.638. The molecule has 0 atom stereocenters. The van der Waals surface area contributed by atoms with E-state index in [1.54, 1.807) is 0 Å². The van der Waals surface area contributed by atoms with Crippen LogP contribution in [0.3, 0.4) is 0 Å². The van der Waals surface area contributed by atoms with Crippen LogP contribution in [0.4, 0.5) is 5.82 Å². The molecule has 0 amide bonds. The Morgan fingerprint density at radius 3 is 2.86 bits per heavy atom. The third-order valence-electron chi connectivity index (χ3n) is 4.01. The molecular formula is C17H26N4. The van der Waals surface area contributed by atoms with Gasteiger partial charge in [0.05, 0.1) is 5.69 Å². The Balaban J connectivity index is 1.95. The van der Waals surface area contributed by atoms with Gasteiger partial charge in [-0.05, 0) is 37.8 Å². The minimum Gasteiger partial charge on any atom is -0.355 e. The van der Waals surface area contributed by atoms with Crippen molar-refractivity contribution in [2.75, 3.05) is 18.0 Å². The molecule has 1 aliphatic rings. The van der Waals surface area contributed by atoms with Crippen LogP contribution in [-0.2, 0) is 6.54 Å². The van der Waals surface area contributed by atoms with Crippen molar-refractivity contribution < 1.29 is 0 Å². The standard InChI is InChI=1S/C17H26N4/c1-4-20(12-13(2)3)17-15(11-18-14-8-9-14)21-10-6-5-7-16(21)19-17/h5-7,10,13-14,18H,4,8-9,11-12H2,1-3H3. The highest BCUT2D eigenvalue weighted by Gasteiger charge is 2.23. The van der Waals surface area contributed by atoms with Crippen molar-refractivity contribution in [3.8, 4) is 0 Å². The molecule has 0 aliphatic heterocycles. The summed E-state index contributed by atoms with van der Waals surface area (Å²) in [6.45, 7) is 9.70. The molecule has 0 radical (unpaired) electrons. The summed E-state index contributed by atoms with van der Waals surface area (Å²) in [7, 11) is 0. The zero-order chi connectivity index (χ0) is 14.8. The Labute approximate surface area is 127 Å². The molecule has 3 rings (SSSR count). The van der Waals surface area contributed by atoms with Crippen LogP contribution in [0.1, 0.15) is 39.3 Å². The van der Waals surface area contributed by atoms with E-state index in [0.717, 1.165) is 31.1 Å². The lowest BCUT2D eigenvalue weighted by Crippen LogP contribution is -2.29. The number of nitrogens with zero attached hydrogens (tertiary/aromatic N) is 3. The Morgan fingerprint density at radius 2 is 2.19 bits per heavy atom. The van der Waals surface area contributed by atoms with E-state index in [2.05, 4.69) is 59.8 Å². The summed E-state index contributed by atoms with van der Waals surface area (Å²) < 4.78 is 2.23. The van der Waals surface area contributed by atoms with Crippen LogP contribution in [0.25, 0.3) is 5.65 Å². The van der Waals surface area contributed by atoms with Gasteiger partial charge in [0, 0.05) is 31.9 Å². The van der Waals surface area contributed by atoms with E-state index in [1.165, 1.54) is 18.5 Å². The molecule has 2 aromatic rings. The fourth-order valence-corrected chi connectivity index (χ4v) is 2.79. The van der Waals surface area contributed by atoms with Gasteiger partial charge in [0.25, 0.3) is 0 Å². The number of pyridine rings is 1. The molecule has 0 spiro atoms. The van der Waals surface area contributed by atoms with E-state index < -0.39 is 0 Å². The maximum atomic E-state index is 4.88. The summed E-state index contributed by atoms with van der Waals surface area (Å²) in [6.07, 6.45) is 4.75. The number of fused-ring (bicyclic) bond motifs is 1. The molecule has 2 aromatic heterocycles. The van der Waals surface area contributed by atoms with Crippen molar-refractivity contribution in [1.29, 1.82) is 0 Å². The van der Waals surface area contributed by atoms with Crippen LogP contribution in [0.5, 0.6) is 0 Å². The van der Waals surface area contributed by atoms with E-state index >= 15 is 0 Å². The topological polar surface area (TPSA) is 32.6 Å². The van der Waals surface area contributed by atoms with Gasteiger partial charge in [-0.3, -0.25) is 0 Å². The second kappa shape index (κ2) is 6.06. The molecule has 1 N–H and O–H groups in total. The highest BCUT2D eigenvalue weighted by atomic mass is 15.2. The molecule has 0 unspecified atom stereocenters. The molecular weight excluding hydrogens is 260 g/mol. The molecule has 0 aromatic carbocycles. The minimum atomic E-state index is 0.638. The van der Waals surface area contributed by atoms with Crippen LogP contribution >= 0.6 is 0 Å². The normalized spacial score (nSPS) is 15.0. The van der Waals surface area contributed by atoms with Gasteiger partial charge in [-0.2, -0.15) is 0 Å². The van der Waals surface area contributed by atoms with Crippen molar-refractivity contribution in [3.63, 3.8) is 0 Å². The lowest BCUT2D eigenvalue weighted by atomic mass is 10.2. The summed E-state index contributed by atoms with van der Waals surface area (Å²) >= 11 is 0. The predicted molar refractivity (Wildman–Crippen MR) is 87.8 cm³/mol. The van der Waals surface area contributed by atoms with Gasteiger partial charge >= 0.3 is 0 Å². The van der Waals surface area contributed by atoms with E-state index in [1.807, 2.05) is 0 Å². The van der Waals surface area contributed by atoms with Gasteiger partial charge in [-0.25, -0.2) is 4.98 Å². The van der Waals surface area contributed by atoms with Crippen molar-refractivity contribution in [2.45, 2.75) is 46.2 Å². The Kier molecular flexibility index (Phi) is 4.15. The summed E-state index contributed by atoms with van der Waals surface area (Å²) in [4.78, 5) is 7.29. The van der Waals surface area contributed by atoms with E-state index in [0.29, 0.717) is 12.0 Å². The number of anilines is 1.